The highest BCUT2D eigenvalue weighted by molar-refractivity contribution is 7.99. The number of anilines is 1. The number of carbonyl (C=O) groups excluding carboxylic acids is 1. The van der Waals surface area contributed by atoms with Gasteiger partial charge in [-0.25, -0.2) is 4.98 Å². The summed E-state index contributed by atoms with van der Waals surface area (Å²) in [6.07, 6.45) is 3.63. The molecule has 168 valence electrons. The van der Waals surface area contributed by atoms with Crippen molar-refractivity contribution in [2.24, 2.45) is 7.05 Å². The van der Waals surface area contributed by atoms with Gasteiger partial charge >= 0.3 is 0 Å². The number of aromatic nitrogens is 4. The molecule has 1 amide bonds. The van der Waals surface area contributed by atoms with Crippen LogP contribution in [0.15, 0.2) is 64.2 Å². The number of nitrogens with zero attached hydrogens (tertiary/aromatic N) is 5. The minimum absolute atomic E-state index is 0.171. The number of rotatable bonds is 8. The topological polar surface area (TPSA) is 116 Å². The Hall–Kier alpha value is -3.57. The summed E-state index contributed by atoms with van der Waals surface area (Å²) < 4.78 is 1.66. The normalized spacial score (nSPS) is 10.8. The van der Waals surface area contributed by atoms with Gasteiger partial charge in [-0.1, -0.05) is 37.6 Å². The molecule has 2 aromatic carbocycles. The molecule has 0 atom stereocenters. The molecule has 0 aliphatic rings. The molecule has 0 spiro atoms. The molecule has 9 nitrogen and oxygen atoms in total. The average Bonchev–Trinajstić information content (AvgIpc) is 3.43. The molecule has 2 aromatic heterocycles. The van der Waals surface area contributed by atoms with E-state index in [-0.39, 0.29) is 11.3 Å². The first-order chi connectivity index (χ1) is 15.9. The van der Waals surface area contributed by atoms with Crippen molar-refractivity contribution in [3.05, 3.63) is 75.4 Å². The van der Waals surface area contributed by atoms with Gasteiger partial charge in [0.25, 0.3) is 11.6 Å². The minimum Gasteiger partial charge on any atom is -0.311 e. The van der Waals surface area contributed by atoms with Crippen molar-refractivity contribution >= 4 is 39.8 Å². The number of benzene rings is 2. The van der Waals surface area contributed by atoms with Crippen molar-refractivity contribution in [2.75, 3.05) is 5.32 Å². The highest BCUT2D eigenvalue weighted by Crippen LogP contribution is 2.34. The SMILES string of the molecule is CCCc1ccc(-c2csc(NC(=O)c3ccc(Sc4nncn4C)c([N+](=O)[O-])c3)n2)cc1. The second kappa shape index (κ2) is 9.92. The lowest BCUT2D eigenvalue weighted by atomic mass is 10.1. The largest absolute Gasteiger partial charge is 0.311 e. The van der Waals surface area contributed by atoms with E-state index in [2.05, 4.69) is 39.6 Å². The zero-order chi connectivity index (χ0) is 23.4. The van der Waals surface area contributed by atoms with Crippen LogP contribution >= 0.6 is 23.1 Å². The van der Waals surface area contributed by atoms with Gasteiger partial charge in [-0.2, -0.15) is 0 Å². The van der Waals surface area contributed by atoms with Crippen molar-refractivity contribution in [1.82, 2.24) is 19.7 Å². The molecular formula is C22H20N6O3S2. The molecule has 0 bridgehead atoms. The van der Waals surface area contributed by atoms with E-state index in [1.54, 1.807) is 17.7 Å². The van der Waals surface area contributed by atoms with Gasteiger partial charge in [-0.05, 0) is 35.9 Å². The first kappa shape index (κ1) is 22.6. The zero-order valence-electron chi connectivity index (χ0n) is 17.9. The molecule has 4 aromatic rings. The Bertz CT molecular complexity index is 1300. The Morgan fingerprint density at radius 2 is 2.03 bits per heavy atom. The van der Waals surface area contributed by atoms with Crippen molar-refractivity contribution < 1.29 is 9.72 Å². The highest BCUT2D eigenvalue weighted by atomic mass is 32.2. The second-order valence-electron chi connectivity index (χ2n) is 7.21. The summed E-state index contributed by atoms with van der Waals surface area (Å²) in [6, 6.07) is 12.5. The molecule has 0 radical (unpaired) electrons. The van der Waals surface area contributed by atoms with E-state index >= 15 is 0 Å². The predicted molar refractivity (Wildman–Crippen MR) is 128 cm³/mol. The Morgan fingerprint density at radius 3 is 2.70 bits per heavy atom. The lowest BCUT2D eigenvalue weighted by Gasteiger charge is -2.06. The van der Waals surface area contributed by atoms with Crippen LogP contribution < -0.4 is 5.32 Å². The van der Waals surface area contributed by atoms with E-state index in [0.717, 1.165) is 35.9 Å². The Labute approximate surface area is 198 Å². The maximum atomic E-state index is 12.7. The van der Waals surface area contributed by atoms with Gasteiger partial charge in [0, 0.05) is 29.6 Å². The van der Waals surface area contributed by atoms with E-state index in [4.69, 9.17) is 0 Å². The Kier molecular flexibility index (Phi) is 6.80. The van der Waals surface area contributed by atoms with E-state index in [1.165, 1.54) is 35.4 Å². The summed E-state index contributed by atoms with van der Waals surface area (Å²) in [7, 11) is 1.75. The maximum Gasteiger partial charge on any atom is 0.284 e. The first-order valence-corrected chi connectivity index (χ1v) is 11.8. The molecule has 0 unspecified atom stereocenters. The minimum atomic E-state index is -0.515. The molecule has 4 rings (SSSR count). The number of thiazole rings is 1. The maximum absolute atomic E-state index is 12.7. The van der Waals surface area contributed by atoms with Crippen LogP contribution in [0.5, 0.6) is 0 Å². The van der Waals surface area contributed by atoms with E-state index in [1.807, 2.05) is 17.5 Å². The fourth-order valence-electron chi connectivity index (χ4n) is 3.11. The van der Waals surface area contributed by atoms with Crippen molar-refractivity contribution in [3.63, 3.8) is 0 Å². The summed E-state index contributed by atoms with van der Waals surface area (Å²) in [6.45, 7) is 2.14. The monoisotopic (exact) mass is 480 g/mol. The van der Waals surface area contributed by atoms with Crippen LogP contribution in [-0.2, 0) is 13.5 Å². The number of aryl methyl sites for hydroxylation is 2. The van der Waals surface area contributed by atoms with Crippen LogP contribution in [-0.4, -0.2) is 30.6 Å². The molecule has 11 heteroatoms. The molecule has 0 aliphatic heterocycles. The molecule has 2 heterocycles. The second-order valence-corrected chi connectivity index (χ2v) is 9.07. The van der Waals surface area contributed by atoms with Crippen LogP contribution in [0.25, 0.3) is 11.3 Å². The summed E-state index contributed by atoms with van der Waals surface area (Å²) in [4.78, 5) is 28.7. The Morgan fingerprint density at radius 1 is 1.24 bits per heavy atom. The molecule has 0 aliphatic carbocycles. The number of nitrogens with one attached hydrogen (secondary N) is 1. The first-order valence-electron chi connectivity index (χ1n) is 10.1. The standard InChI is InChI=1S/C22H20N6O3S2/c1-3-4-14-5-7-15(8-6-14)17-12-32-21(24-17)25-20(29)16-9-10-19(18(11-16)28(30)31)33-22-26-23-13-27(22)2/h5-13H,3-4H2,1-2H3,(H,24,25,29). The van der Waals surface area contributed by atoms with Crippen molar-refractivity contribution in [2.45, 2.75) is 29.8 Å². The van der Waals surface area contributed by atoms with Crippen molar-refractivity contribution in [3.8, 4) is 11.3 Å². The third kappa shape index (κ3) is 5.26. The number of hydrogen-bond acceptors (Lipinski definition) is 8. The van der Waals surface area contributed by atoms with Gasteiger partial charge in [-0.3, -0.25) is 20.2 Å². The van der Waals surface area contributed by atoms with E-state index < -0.39 is 10.8 Å². The fraction of sp³-hybridized carbons (Fsp3) is 0.182. The molecule has 0 saturated carbocycles. The number of hydrogen-bond donors (Lipinski definition) is 1. The lowest BCUT2D eigenvalue weighted by Crippen LogP contribution is -2.12. The van der Waals surface area contributed by atoms with Crippen molar-refractivity contribution in [1.29, 1.82) is 0 Å². The van der Waals surface area contributed by atoms with Crippen LogP contribution in [0.4, 0.5) is 10.8 Å². The smallest absolute Gasteiger partial charge is 0.284 e. The summed E-state index contributed by atoms with van der Waals surface area (Å²) in [5.74, 6) is -0.465. The number of nitro groups is 1. The fourth-order valence-corrected chi connectivity index (χ4v) is 4.68. The van der Waals surface area contributed by atoms with Crippen LogP contribution in [0.1, 0.15) is 29.3 Å². The van der Waals surface area contributed by atoms with Crippen LogP contribution in [0.2, 0.25) is 0 Å². The zero-order valence-corrected chi connectivity index (χ0v) is 19.5. The van der Waals surface area contributed by atoms with Gasteiger partial charge in [0.05, 0.1) is 15.5 Å². The van der Waals surface area contributed by atoms with Crippen LogP contribution in [0.3, 0.4) is 0 Å². The quantitative estimate of drug-likeness (QED) is 0.272. The molecule has 33 heavy (non-hydrogen) atoms. The average molecular weight is 481 g/mol. The summed E-state index contributed by atoms with van der Waals surface area (Å²) in [5, 5.41) is 24.8. The van der Waals surface area contributed by atoms with Gasteiger partial charge in [0.15, 0.2) is 10.3 Å². The van der Waals surface area contributed by atoms with Gasteiger partial charge in [0.1, 0.15) is 6.33 Å². The molecule has 1 N–H and O–H groups in total. The lowest BCUT2D eigenvalue weighted by molar-refractivity contribution is -0.387. The summed E-state index contributed by atoms with van der Waals surface area (Å²) >= 11 is 2.41. The van der Waals surface area contributed by atoms with E-state index in [9.17, 15) is 14.9 Å². The molecule has 0 saturated heterocycles. The predicted octanol–water partition coefficient (Wildman–Crippen LogP) is 5.20. The molecule has 0 fully saturated rings. The third-order valence-electron chi connectivity index (χ3n) is 4.80. The van der Waals surface area contributed by atoms with Gasteiger partial charge < -0.3 is 4.57 Å². The number of carbonyl (C=O) groups is 1. The van der Waals surface area contributed by atoms with Gasteiger partial charge in [0.2, 0.25) is 0 Å². The Balaban J connectivity index is 1.50. The third-order valence-corrected chi connectivity index (χ3v) is 6.68. The molecular weight excluding hydrogens is 460 g/mol. The number of amides is 1. The highest BCUT2D eigenvalue weighted by Gasteiger charge is 2.20. The number of nitro benzene ring substituents is 1. The van der Waals surface area contributed by atoms with Gasteiger partial charge in [-0.15, -0.1) is 21.5 Å². The summed E-state index contributed by atoms with van der Waals surface area (Å²) in [5.41, 5.74) is 2.99. The van der Waals surface area contributed by atoms with E-state index in [0.29, 0.717) is 15.2 Å². The van der Waals surface area contributed by atoms with Crippen LogP contribution in [0, 0.1) is 10.1 Å².